The lowest BCUT2D eigenvalue weighted by Gasteiger charge is -2.26. The maximum absolute atomic E-state index is 13.6. The number of halogens is 1. The molecule has 0 bridgehead atoms. The van der Waals surface area contributed by atoms with Gasteiger partial charge in [-0.3, -0.25) is 0 Å². The highest BCUT2D eigenvalue weighted by Crippen LogP contribution is 2.26. The molecule has 1 aromatic rings. The first-order valence-corrected chi connectivity index (χ1v) is 5.93. The second-order valence-corrected chi connectivity index (χ2v) is 4.82. The molecule has 0 unspecified atom stereocenters. The Kier molecular flexibility index (Phi) is 5.11. The van der Waals surface area contributed by atoms with Crippen LogP contribution in [0.25, 0.3) is 0 Å². The van der Waals surface area contributed by atoms with E-state index in [0.29, 0.717) is 19.5 Å². The average Bonchev–Trinajstić information content (AvgIpc) is 2.34. The van der Waals surface area contributed by atoms with Crippen molar-refractivity contribution in [2.45, 2.75) is 25.7 Å². The smallest absolute Gasteiger partial charge is 0.165 e. The van der Waals surface area contributed by atoms with Crippen molar-refractivity contribution in [2.75, 3.05) is 20.2 Å². The minimum absolute atomic E-state index is 0.192. The van der Waals surface area contributed by atoms with Crippen LogP contribution in [0.4, 0.5) is 4.39 Å². The summed E-state index contributed by atoms with van der Waals surface area (Å²) < 4.78 is 18.5. The highest BCUT2D eigenvalue weighted by molar-refractivity contribution is 5.33. The van der Waals surface area contributed by atoms with Gasteiger partial charge in [-0.1, -0.05) is 19.9 Å². The van der Waals surface area contributed by atoms with Crippen LogP contribution >= 0.6 is 0 Å². The molecule has 98 valence electrons. The summed E-state index contributed by atoms with van der Waals surface area (Å²) >= 11 is 0. The van der Waals surface area contributed by atoms with Crippen molar-refractivity contribution < 1.29 is 9.13 Å². The molecular weight excluding hydrogens is 231 g/mol. The molecule has 0 heterocycles. The van der Waals surface area contributed by atoms with Crippen molar-refractivity contribution in [1.29, 1.82) is 5.26 Å². The second-order valence-electron chi connectivity index (χ2n) is 4.82. The van der Waals surface area contributed by atoms with Crippen LogP contribution in [-0.4, -0.2) is 20.2 Å². The predicted octanol–water partition coefficient (Wildman–Crippen LogP) is 2.62. The van der Waals surface area contributed by atoms with Gasteiger partial charge in [0.1, 0.15) is 0 Å². The van der Waals surface area contributed by atoms with E-state index in [4.69, 9.17) is 10.00 Å². The molecule has 4 heteroatoms. The number of ether oxygens (including phenoxy) is 1. The van der Waals surface area contributed by atoms with Gasteiger partial charge in [-0.2, -0.15) is 5.26 Å². The Balaban J connectivity index is 2.72. The highest BCUT2D eigenvalue weighted by atomic mass is 19.1. The minimum atomic E-state index is -0.347. The Morgan fingerprint density at radius 2 is 2.17 bits per heavy atom. The first-order chi connectivity index (χ1) is 8.51. The monoisotopic (exact) mass is 250 g/mol. The van der Waals surface area contributed by atoms with E-state index < -0.39 is 0 Å². The van der Waals surface area contributed by atoms with Crippen molar-refractivity contribution in [3.63, 3.8) is 0 Å². The lowest BCUT2D eigenvalue weighted by atomic mass is 9.84. The molecule has 18 heavy (non-hydrogen) atoms. The first kappa shape index (κ1) is 14.5. The summed E-state index contributed by atoms with van der Waals surface area (Å²) in [4.78, 5) is 0. The average molecular weight is 250 g/mol. The van der Waals surface area contributed by atoms with Gasteiger partial charge in [-0.15, -0.1) is 0 Å². The van der Waals surface area contributed by atoms with Gasteiger partial charge in [-0.25, -0.2) is 4.39 Å². The van der Waals surface area contributed by atoms with Gasteiger partial charge in [-0.05, 0) is 17.7 Å². The Morgan fingerprint density at radius 3 is 2.72 bits per heavy atom. The number of methoxy groups -OCH3 is 1. The Hall–Kier alpha value is -1.60. The molecule has 0 aromatic heterocycles. The molecule has 0 spiro atoms. The molecule has 0 fully saturated rings. The number of nitriles is 1. The van der Waals surface area contributed by atoms with Crippen LogP contribution in [0.15, 0.2) is 18.2 Å². The number of nitrogens with one attached hydrogen (secondary N) is 1. The molecule has 3 nitrogen and oxygen atoms in total. The maximum Gasteiger partial charge on any atom is 0.165 e. The summed E-state index contributed by atoms with van der Waals surface area (Å²) in [7, 11) is 1.45. The van der Waals surface area contributed by atoms with Gasteiger partial charge in [0, 0.05) is 24.9 Å². The topological polar surface area (TPSA) is 45.0 Å². The van der Waals surface area contributed by atoms with Crippen LogP contribution in [0, 0.1) is 17.1 Å². The normalized spacial score (nSPS) is 11.1. The quantitative estimate of drug-likeness (QED) is 0.789. The lowest BCUT2D eigenvalue weighted by Crippen LogP contribution is -2.33. The van der Waals surface area contributed by atoms with E-state index in [0.717, 1.165) is 5.56 Å². The third-order valence-corrected chi connectivity index (χ3v) is 2.91. The Labute approximate surface area is 108 Å². The fourth-order valence-corrected chi connectivity index (χ4v) is 1.73. The largest absolute Gasteiger partial charge is 0.494 e. The first-order valence-electron chi connectivity index (χ1n) is 5.93. The SMILES string of the molecule is COc1ccc(C(C)(C)CNCCC#N)cc1F. The number of hydrogen-bond donors (Lipinski definition) is 1. The second kappa shape index (κ2) is 6.36. The fraction of sp³-hybridized carbons (Fsp3) is 0.500. The van der Waals surface area contributed by atoms with E-state index in [-0.39, 0.29) is 17.0 Å². The van der Waals surface area contributed by atoms with E-state index in [2.05, 4.69) is 11.4 Å². The number of benzene rings is 1. The zero-order valence-electron chi connectivity index (χ0n) is 11.1. The van der Waals surface area contributed by atoms with Crippen molar-refractivity contribution in [3.05, 3.63) is 29.6 Å². The van der Waals surface area contributed by atoms with Crippen molar-refractivity contribution in [2.24, 2.45) is 0 Å². The van der Waals surface area contributed by atoms with E-state index in [1.54, 1.807) is 6.07 Å². The summed E-state index contributed by atoms with van der Waals surface area (Å²) in [5.41, 5.74) is 0.716. The van der Waals surface area contributed by atoms with E-state index in [1.165, 1.54) is 13.2 Å². The third-order valence-electron chi connectivity index (χ3n) is 2.91. The molecule has 0 aliphatic rings. The Morgan fingerprint density at radius 1 is 1.44 bits per heavy atom. The molecule has 0 radical (unpaired) electrons. The van der Waals surface area contributed by atoms with Crippen LogP contribution < -0.4 is 10.1 Å². The van der Waals surface area contributed by atoms with Crippen molar-refractivity contribution in [3.8, 4) is 11.8 Å². The van der Waals surface area contributed by atoms with Crippen molar-refractivity contribution >= 4 is 0 Å². The molecule has 0 saturated carbocycles. The van der Waals surface area contributed by atoms with Gasteiger partial charge in [0.05, 0.1) is 13.2 Å². The minimum Gasteiger partial charge on any atom is -0.494 e. The zero-order valence-corrected chi connectivity index (χ0v) is 11.1. The van der Waals surface area contributed by atoms with Gasteiger partial charge >= 0.3 is 0 Å². The van der Waals surface area contributed by atoms with Crippen LogP contribution in [0.1, 0.15) is 25.8 Å². The summed E-state index contributed by atoms with van der Waals surface area (Å²) in [6, 6.07) is 7.09. The molecule has 0 saturated heterocycles. The summed E-state index contributed by atoms with van der Waals surface area (Å²) in [5.74, 6) is -0.0907. The van der Waals surface area contributed by atoms with Gasteiger partial charge in [0.2, 0.25) is 0 Å². The zero-order chi connectivity index (χ0) is 13.6. The highest BCUT2D eigenvalue weighted by Gasteiger charge is 2.21. The van der Waals surface area contributed by atoms with E-state index in [1.807, 2.05) is 19.9 Å². The molecule has 0 aliphatic carbocycles. The lowest BCUT2D eigenvalue weighted by molar-refractivity contribution is 0.384. The van der Waals surface area contributed by atoms with Gasteiger partial charge < -0.3 is 10.1 Å². The summed E-state index contributed by atoms with van der Waals surface area (Å²) in [6.07, 6.45) is 0.479. The Bertz CT molecular complexity index is 438. The third kappa shape index (κ3) is 3.71. The van der Waals surface area contributed by atoms with Crippen LogP contribution in [0.5, 0.6) is 5.75 Å². The molecule has 1 aromatic carbocycles. The molecular formula is C14H19FN2O. The van der Waals surface area contributed by atoms with Crippen molar-refractivity contribution in [1.82, 2.24) is 5.32 Å². The standard InChI is InChI=1S/C14H19FN2O/c1-14(2,10-17-8-4-7-16)11-5-6-13(18-3)12(15)9-11/h5-6,9,17H,4,8,10H2,1-3H3. The summed E-state index contributed by atoms with van der Waals surface area (Å²) in [5, 5.41) is 11.7. The molecule has 1 N–H and O–H groups in total. The number of hydrogen-bond acceptors (Lipinski definition) is 3. The summed E-state index contributed by atoms with van der Waals surface area (Å²) in [6.45, 7) is 5.42. The number of nitrogens with zero attached hydrogens (tertiary/aromatic N) is 1. The molecule has 0 atom stereocenters. The molecule has 0 amide bonds. The maximum atomic E-state index is 13.6. The van der Waals surface area contributed by atoms with Gasteiger partial charge in [0.25, 0.3) is 0 Å². The molecule has 1 rings (SSSR count). The van der Waals surface area contributed by atoms with Crippen LogP contribution in [-0.2, 0) is 5.41 Å². The van der Waals surface area contributed by atoms with Crippen LogP contribution in [0.3, 0.4) is 0 Å². The van der Waals surface area contributed by atoms with Gasteiger partial charge in [0.15, 0.2) is 11.6 Å². The number of rotatable bonds is 6. The van der Waals surface area contributed by atoms with Crippen LogP contribution in [0.2, 0.25) is 0 Å². The fourth-order valence-electron chi connectivity index (χ4n) is 1.73. The van der Waals surface area contributed by atoms with E-state index in [9.17, 15) is 4.39 Å². The van der Waals surface area contributed by atoms with E-state index >= 15 is 0 Å². The molecule has 0 aliphatic heterocycles. The predicted molar refractivity (Wildman–Crippen MR) is 69.1 cm³/mol.